The summed E-state index contributed by atoms with van der Waals surface area (Å²) in [6.45, 7) is 8.34. The Hall–Kier alpha value is -1.92. The van der Waals surface area contributed by atoms with E-state index in [4.69, 9.17) is 4.74 Å². The Bertz CT molecular complexity index is 595. The van der Waals surface area contributed by atoms with E-state index in [1.807, 2.05) is 19.3 Å². The number of anilines is 1. The third-order valence-corrected chi connectivity index (χ3v) is 3.95. The fourth-order valence-electron chi connectivity index (χ4n) is 2.63. The molecule has 2 aromatic rings. The van der Waals surface area contributed by atoms with E-state index in [9.17, 15) is 0 Å². The Morgan fingerprint density at radius 2 is 2.27 bits per heavy atom. The van der Waals surface area contributed by atoms with E-state index in [0.29, 0.717) is 0 Å². The Kier molecular flexibility index (Phi) is 4.70. The van der Waals surface area contributed by atoms with Gasteiger partial charge in [-0.3, -0.25) is 5.10 Å². The average molecular weight is 301 g/mol. The molecule has 0 unspecified atom stereocenters. The van der Waals surface area contributed by atoms with Gasteiger partial charge in [0.25, 0.3) is 0 Å². The number of rotatable bonds is 5. The number of aromatic nitrogens is 3. The predicted molar refractivity (Wildman–Crippen MR) is 85.7 cm³/mol. The maximum absolute atomic E-state index is 5.56. The molecular weight excluding hydrogens is 278 g/mol. The maximum atomic E-state index is 5.56. The summed E-state index contributed by atoms with van der Waals surface area (Å²) in [7, 11) is 0. The minimum absolute atomic E-state index is 0.273. The van der Waals surface area contributed by atoms with Crippen LogP contribution in [0.5, 0.6) is 0 Å². The molecule has 0 aliphatic carbocycles. The van der Waals surface area contributed by atoms with Crippen molar-refractivity contribution >= 4 is 5.82 Å². The summed E-state index contributed by atoms with van der Waals surface area (Å²) in [6.07, 6.45) is 4.09. The maximum Gasteiger partial charge on any atom is 0.128 e. The topological polar surface area (TPSA) is 66.1 Å². The molecule has 2 aromatic heterocycles. The summed E-state index contributed by atoms with van der Waals surface area (Å²) in [5.74, 6) is 1.03. The fraction of sp³-hybridized carbons (Fsp3) is 0.500. The van der Waals surface area contributed by atoms with E-state index in [2.05, 4.69) is 44.5 Å². The van der Waals surface area contributed by atoms with E-state index in [-0.39, 0.29) is 6.10 Å². The van der Waals surface area contributed by atoms with Gasteiger partial charge in [0.1, 0.15) is 5.82 Å². The van der Waals surface area contributed by atoms with E-state index in [1.165, 1.54) is 11.1 Å². The first-order valence-corrected chi connectivity index (χ1v) is 7.73. The van der Waals surface area contributed by atoms with E-state index < -0.39 is 0 Å². The zero-order valence-corrected chi connectivity index (χ0v) is 13.2. The Morgan fingerprint density at radius 1 is 1.36 bits per heavy atom. The summed E-state index contributed by atoms with van der Waals surface area (Å²) in [5, 5.41) is 10.4. The molecule has 0 aromatic carbocycles. The first-order valence-electron chi connectivity index (χ1n) is 7.73. The Morgan fingerprint density at radius 3 is 2.95 bits per heavy atom. The fourth-order valence-corrected chi connectivity index (χ4v) is 2.63. The molecule has 6 nitrogen and oxygen atoms in total. The van der Waals surface area contributed by atoms with Crippen LogP contribution in [0.4, 0.5) is 5.82 Å². The Balaban J connectivity index is 1.52. The molecule has 0 spiro atoms. The minimum Gasteiger partial charge on any atom is -0.375 e. The monoisotopic (exact) mass is 301 g/mol. The molecule has 1 aliphatic heterocycles. The predicted octanol–water partition coefficient (Wildman–Crippen LogP) is 1.63. The normalized spacial score (nSPS) is 18.6. The van der Waals surface area contributed by atoms with Crippen molar-refractivity contribution in [2.75, 3.05) is 24.6 Å². The molecular formula is C16H23N5O. The van der Waals surface area contributed by atoms with E-state index in [1.54, 1.807) is 0 Å². The summed E-state index contributed by atoms with van der Waals surface area (Å²) in [5.41, 5.74) is 3.50. The SMILES string of the molecule is Cc1[nH]ncc1CNCc1ccc(N2CCO[C@H](C)C2)nc1. The number of aryl methyl sites for hydroxylation is 1. The van der Waals surface area contributed by atoms with Crippen molar-refractivity contribution in [3.05, 3.63) is 41.3 Å². The first-order chi connectivity index (χ1) is 10.7. The highest BCUT2D eigenvalue weighted by atomic mass is 16.5. The van der Waals surface area contributed by atoms with Crippen LogP contribution < -0.4 is 10.2 Å². The van der Waals surface area contributed by atoms with Crippen LogP contribution in [0.3, 0.4) is 0 Å². The number of hydrogen-bond acceptors (Lipinski definition) is 5. The van der Waals surface area contributed by atoms with Crippen LogP contribution in [0.1, 0.15) is 23.7 Å². The lowest BCUT2D eigenvalue weighted by Gasteiger charge is -2.32. The van der Waals surface area contributed by atoms with Crippen molar-refractivity contribution < 1.29 is 4.74 Å². The Labute approximate surface area is 130 Å². The van der Waals surface area contributed by atoms with E-state index >= 15 is 0 Å². The molecule has 0 bridgehead atoms. The lowest BCUT2D eigenvalue weighted by atomic mass is 10.2. The van der Waals surface area contributed by atoms with Crippen molar-refractivity contribution in [2.45, 2.75) is 33.0 Å². The van der Waals surface area contributed by atoms with Gasteiger partial charge < -0.3 is 15.0 Å². The van der Waals surface area contributed by atoms with Gasteiger partial charge in [-0.2, -0.15) is 5.10 Å². The molecule has 0 amide bonds. The number of H-pyrrole nitrogens is 1. The van der Waals surface area contributed by atoms with Gasteiger partial charge in [-0.1, -0.05) is 6.07 Å². The van der Waals surface area contributed by atoms with Crippen LogP contribution in [0.2, 0.25) is 0 Å². The highest BCUT2D eigenvalue weighted by molar-refractivity contribution is 5.39. The third kappa shape index (κ3) is 3.64. The second-order valence-corrected chi connectivity index (χ2v) is 5.78. The molecule has 0 saturated carbocycles. The molecule has 6 heteroatoms. The van der Waals surface area contributed by atoms with Crippen LogP contribution in [-0.4, -0.2) is 41.0 Å². The summed E-state index contributed by atoms with van der Waals surface area (Å²) < 4.78 is 5.56. The molecule has 22 heavy (non-hydrogen) atoms. The van der Waals surface area contributed by atoms with Crippen LogP contribution in [0.15, 0.2) is 24.5 Å². The summed E-state index contributed by atoms with van der Waals surface area (Å²) >= 11 is 0. The first kappa shape index (κ1) is 15.0. The van der Waals surface area contributed by atoms with Crippen molar-refractivity contribution in [1.82, 2.24) is 20.5 Å². The van der Waals surface area contributed by atoms with Crippen LogP contribution in [0, 0.1) is 6.92 Å². The van der Waals surface area contributed by atoms with Crippen LogP contribution in [-0.2, 0) is 17.8 Å². The lowest BCUT2D eigenvalue weighted by Crippen LogP contribution is -2.41. The molecule has 1 saturated heterocycles. The van der Waals surface area contributed by atoms with Gasteiger partial charge >= 0.3 is 0 Å². The molecule has 1 atom stereocenters. The third-order valence-electron chi connectivity index (χ3n) is 3.95. The molecule has 3 heterocycles. The molecule has 118 valence electrons. The number of ether oxygens (including phenoxy) is 1. The number of pyridine rings is 1. The lowest BCUT2D eigenvalue weighted by molar-refractivity contribution is 0.0529. The molecule has 1 fully saturated rings. The minimum atomic E-state index is 0.273. The molecule has 0 radical (unpaired) electrons. The number of hydrogen-bond donors (Lipinski definition) is 2. The number of morpholine rings is 1. The second kappa shape index (κ2) is 6.89. The van der Waals surface area contributed by atoms with Gasteiger partial charge in [0.2, 0.25) is 0 Å². The highest BCUT2D eigenvalue weighted by Crippen LogP contribution is 2.15. The standard InChI is InChI=1S/C16H23N5O/c1-12-11-21(5-6-22-12)16-4-3-14(8-18-16)7-17-9-15-10-19-20-13(15)2/h3-4,8,10,12,17H,5-7,9,11H2,1-2H3,(H,19,20)/t12-/m1/s1. The van der Waals surface area contributed by atoms with E-state index in [0.717, 1.165) is 44.3 Å². The van der Waals surface area contributed by atoms with Gasteiger partial charge in [-0.25, -0.2) is 4.98 Å². The summed E-state index contributed by atoms with van der Waals surface area (Å²) in [6, 6.07) is 4.23. The highest BCUT2D eigenvalue weighted by Gasteiger charge is 2.17. The van der Waals surface area contributed by atoms with Crippen molar-refractivity contribution in [3.8, 4) is 0 Å². The second-order valence-electron chi connectivity index (χ2n) is 5.78. The quantitative estimate of drug-likeness (QED) is 0.878. The molecule has 1 aliphatic rings. The largest absolute Gasteiger partial charge is 0.375 e. The number of aromatic amines is 1. The van der Waals surface area contributed by atoms with Gasteiger partial charge in [-0.05, 0) is 25.5 Å². The zero-order valence-electron chi connectivity index (χ0n) is 13.2. The van der Waals surface area contributed by atoms with Gasteiger partial charge in [-0.15, -0.1) is 0 Å². The van der Waals surface area contributed by atoms with Crippen molar-refractivity contribution in [3.63, 3.8) is 0 Å². The molecule has 3 rings (SSSR count). The van der Waals surface area contributed by atoms with Gasteiger partial charge in [0, 0.05) is 43.6 Å². The van der Waals surface area contributed by atoms with Crippen LogP contribution in [0.25, 0.3) is 0 Å². The average Bonchev–Trinajstić information content (AvgIpc) is 2.93. The van der Waals surface area contributed by atoms with Crippen LogP contribution >= 0.6 is 0 Å². The van der Waals surface area contributed by atoms with Crippen molar-refractivity contribution in [1.29, 1.82) is 0 Å². The van der Waals surface area contributed by atoms with Gasteiger partial charge in [0.05, 0.1) is 18.9 Å². The van der Waals surface area contributed by atoms with Gasteiger partial charge in [0.15, 0.2) is 0 Å². The zero-order chi connectivity index (χ0) is 15.4. The molecule has 2 N–H and O–H groups in total. The smallest absolute Gasteiger partial charge is 0.128 e. The van der Waals surface area contributed by atoms with Crippen molar-refractivity contribution in [2.24, 2.45) is 0 Å². The number of nitrogens with one attached hydrogen (secondary N) is 2. The number of nitrogens with zero attached hydrogens (tertiary/aromatic N) is 3. The summed E-state index contributed by atoms with van der Waals surface area (Å²) in [4.78, 5) is 6.86.